The van der Waals surface area contributed by atoms with Crippen LogP contribution in [0.2, 0.25) is 0 Å². The van der Waals surface area contributed by atoms with Gasteiger partial charge in [-0.3, -0.25) is 4.90 Å². The largest absolute Gasteiger partial charge is 0.392 e. The van der Waals surface area contributed by atoms with Gasteiger partial charge in [0.25, 0.3) is 0 Å². The molecule has 3 fully saturated rings. The van der Waals surface area contributed by atoms with Gasteiger partial charge in [-0.25, -0.2) is 0 Å². The second-order valence-electron chi connectivity index (χ2n) is 11.7. The van der Waals surface area contributed by atoms with Crippen LogP contribution in [-0.4, -0.2) is 59.8 Å². The molecule has 0 unspecified atom stereocenters. The first-order valence-electron chi connectivity index (χ1n) is 15.0. The third-order valence-electron chi connectivity index (χ3n) is 8.87. The summed E-state index contributed by atoms with van der Waals surface area (Å²) in [6.45, 7) is 6.33. The van der Waals surface area contributed by atoms with Crippen LogP contribution in [0.25, 0.3) is 11.1 Å². The first-order chi connectivity index (χ1) is 19.7. The van der Waals surface area contributed by atoms with Gasteiger partial charge in [-0.05, 0) is 85.3 Å². The predicted molar refractivity (Wildman–Crippen MR) is 158 cm³/mol. The number of ether oxygens (including phenoxy) is 2. The second kappa shape index (κ2) is 12.9. The SMILES string of the molecule is NCc1cccc(-c2cccc([C@@H]3O[C@H](CN4CCC[C@H]4CN4CCCC4)C[C@H](c4ccc(CO)cc4)O3)c2)c1. The van der Waals surface area contributed by atoms with E-state index in [0.29, 0.717) is 12.6 Å². The van der Waals surface area contributed by atoms with E-state index in [9.17, 15) is 5.11 Å². The lowest BCUT2D eigenvalue weighted by Crippen LogP contribution is -2.45. The van der Waals surface area contributed by atoms with Crippen molar-refractivity contribution in [3.8, 4) is 11.1 Å². The minimum atomic E-state index is -0.446. The van der Waals surface area contributed by atoms with E-state index in [1.807, 2.05) is 12.1 Å². The highest BCUT2D eigenvalue weighted by molar-refractivity contribution is 5.65. The number of likely N-dealkylation sites (tertiary alicyclic amines) is 2. The number of aliphatic hydroxyl groups is 1. The molecule has 6 nitrogen and oxygen atoms in total. The molecule has 0 amide bonds. The number of hydrogen-bond acceptors (Lipinski definition) is 6. The minimum absolute atomic E-state index is 0.0473. The van der Waals surface area contributed by atoms with E-state index in [4.69, 9.17) is 15.2 Å². The summed E-state index contributed by atoms with van der Waals surface area (Å²) in [5, 5.41) is 9.54. The van der Waals surface area contributed by atoms with E-state index in [2.05, 4.69) is 70.5 Å². The molecule has 3 aromatic rings. The summed E-state index contributed by atoms with van der Waals surface area (Å²) in [4.78, 5) is 5.32. The fraction of sp³-hybridized carbons (Fsp3) is 0.471. The zero-order valence-electron chi connectivity index (χ0n) is 23.5. The zero-order chi connectivity index (χ0) is 27.3. The van der Waals surface area contributed by atoms with Crippen LogP contribution in [-0.2, 0) is 22.6 Å². The van der Waals surface area contributed by atoms with Crippen molar-refractivity contribution < 1.29 is 14.6 Å². The lowest BCUT2D eigenvalue weighted by atomic mass is 9.98. The molecule has 0 saturated carbocycles. The monoisotopic (exact) mass is 541 g/mol. The second-order valence-corrected chi connectivity index (χ2v) is 11.7. The number of rotatable bonds is 9. The Balaban J connectivity index is 1.23. The Morgan fingerprint density at radius 1 is 0.775 bits per heavy atom. The van der Waals surface area contributed by atoms with Crippen molar-refractivity contribution in [3.05, 3.63) is 95.1 Å². The number of aliphatic hydroxyl groups excluding tert-OH is 1. The van der Waals surface area contributed by atoms with Crippen molar-refractivity contribution in [2.45, 2.75) is 69.8 Å². The molecule has 4 atom stereocenters. The molecule has 0 bridgehead atoms. The van der Waals surface area contributed by atoms with Gasteiger partial charge in [0.15, 0.2) is 6.29 Å². The summed E-state index contributed by atoms with van der Waals surface area (Å²) < 4.78 is 13.4. The van der Waals surface area contributed by atoms with Gasteiger partial charge in [-0.15, -0.1) is 0 Å². The maximum atomic E-state index is 9.54. The van der Waals surface area contributed by atoms with Gasteiger partial charge in [-0.2, -0.15) is 0 Å². The Morgan fingerprint density at radius 2 is 1.55 bits per heavy atom. The van der Waals surface area contributed by atoms with Gasteiger partial charge in [0.2, 0.25) is 0 Å². The molecular weight excluding hydrogens is 498 g/mol. The van der Waals surface area contributed by atoms with Crippen molar-refractivity contribution in [2.75, 3.05) is 32.7 Å². The fourth-order valence-electron chi connectivity index (χ4n) is 6.64. The molecule has 3 aliphatic heterocycles. The van der Waals surface area contributed by atoms with Gasteiger partial charge in [0, 0.05) is 37.7 Å². The Hall–Kier alpha value is -2.58. The van der Waals surface area contributed by atoms with Crippen molar-refractivity contribution in [1.29, 1.82) is 0 Å². The van der Waals surface area contributed by atoms with Crippen molar-refractivity contribution in [3.63, 3.8) is 0 Å². The molecule has 3 aromatic carbocycles. The van der Waals surface area contributed by atoms with Crippen molar-refractivity contribution >= 4 is 0 Å². The molecule has 6 rings (SSSR count). The summed E-state index contributed by atoms with van der Waals surface area (Å²) in [6.07, 6.45) is 5.59. The minimum Gasteiger partial charge on any atom is -0.392 e. The van der Waals surface area contributed by atoms with Gasteiger partial charge < -0.3 is 25.2 Å². The van der Waals surface area contributed by atoms with Crippen molar-refractivity contribution in [2.24, 2.45) is 5.73 Å². The van der Waals surface area contributed by atoms with E-state index in [1.165, 1.54) is 45.3 Å². The average molecular weight is 542 g/mol. The third kappa shape index (κ3) is 6.49. The molecular formula is C34H43N3O3. The molecule has 3 N–H and O–H groups in total. The highest BCUT2D eigenvalue weighted by atomic mass is 16.7. The smallest absolute Gasteiger partial charge is 0.184 e. The van der Waals surface area contributed by atoms with E-state index < -0.39 is 6.29 Å². The lowest BCUT2D eigenvalue weighted by Gasteiger charge is -2.39. The maximum Gasteiger partial charge on any atom is 0.184 e. The Labute approximate surface area is 238 Å². The highest BCUT2D eigenvalue weighted by Crippen LogP contribution is 2.39. The predicted octanol–water partition coefficient (Wildman–Crippen LogP) is 5.41. The van der Waals surface area contributed by atoms with Crippen LogP contribution in [0.15, 0.2) is 72.8 Å². The quantitative estimate of drug-likeness (QED) is 0.378. The maximum absolute atomic E-state index is 9.54. The molecule has 0 aliphatic carbocycles. The highest BCUT2D eigenvalue weighted by Gasteiger charge is 2.36. The fourth-order valence-corrected chi connectivity index (χ4v) is 6.64. The van der Waals surface area contributed by atoms with Gasteiger partial charge in [-0.1, -0.05) is 60.7 Å². The van der Waals surface area contributed by atoms with Gasteiger partial charge >= 0.3 is 0 Å². The molecule has 3 heterocycles. The topological polar surface area (TPSA) is 71.2 Å². The number of benzene rings is 3. The molecule has 40 heavy (non-hydrogen) atoms. The van der Waals surface area contributed by atoms with Crippen LogP contribution in [0, 0.1) is 0 Å². The summed E-state index contributed by atoms with van der Waals surface area (Å²) in [5.41, 5.74) is 12.4. The summed E-state index contributed by atoms with van der Waals surface area (Å²) in [7, 11) is 0. The molecule has 0 aromatic heterocycles. The molecule has 0 spiro atoms. The van der Waals surface area contributed by atoms with Crippen LogP contribution in [0.5, 0.6) is 0 Å². The first kappa shape index (κ1) is 27.6. The van der Waals surface area contributed by atoms with Crippen LogP contribution in [0.4, 0.5) is 0 Å². The summed E-state index contributed by atoms with van der Waals surface area (Å²) in [5.74, 6) is 0. The Morgan fingerprint density at radius 3 is 2.33 bits per heavy atom. The Bertz CT molecular complexity index is 1240. The normalized spacial score (nSPS) is 25.9. The molecule has 0 radical (unpaired) electrons. The number of nitrogens with two attached hydrogens (primary N) is 1. The van der Waals surface area contributed by atoms with E-state index in [1.54, 1.807) is 0 Å². The summed E-state index contributed by atoms with van der Waals surface area (Å²) in [6, 6.07) is 25.7. The molecule has 212 valence electrons. The molecule has 6 heteroatoms. The summed E-state index contributed by atoms with van der Waals surface area (Å²) >= 11 is 0. The standard InChI is InChI=1S/C34H43N3O3/c35-21-26-6-3-7-28(18-26)29-8-4-9-30(19-29)34-39-32(20-33(40-34)27-13-11-25(24-38)12-14-27)23-37-17-5-10-31(37)22-36-15-1-2-16-36/h3-4,6-9,11-14,18-19,31-34,38H,1-2,5,10,15-17,20-24,35H2/t31-,32-,33+,34+/m0/s1. The van der Waals surface area contributed by atoms with Crippen LogP contribution < -0.4 is 5.73 Å². The Kier molecular flexibility index (Phi) is 8.92. The van der Waals surface area contributed by atoms with Gasteiger partial charge in [0.05, 0.1) is 18.8 Å². The van der Waals surface area contributed by atoms with Crippen molar-refractivity contribution in [1.82, 2.24) is 9.80 Å². The molecule has 3 saturated heterocycles. The number of nitrogens with zero attached hydrogens (tertiary/aromatic N) is 2. The first-order valence-corrected chi connectivity index (χ1v) is 15.0. The van der Waals surface area contributed by atoms with Crippen LogP contribution >= 0.6 is 0 Å². The average Bonchev–Trinajstić information content (AvgIpc) is 3.69. The third-order valence-corrected chi connectivity index (χ3v) is 8.87. The lowest BCUT2D eigenvalue weighted by molar-refractivity contribution is -0.253. The van der Waals surface area contributed by atoms with Gasteiger partial charge in [0.1, 0.15) is 0 Å². The van der Waals surface area contributed by atoms with Crippen LogP contribution in [0.1, 0.15) is 66.8 Å². The van der Waals surface area contributed by atoms with E-state index >= 15 is 0 Å². The zero-order valence-corrected chi connectivity index (χ0v) is 23.5. The van der Waals surface area contributed by atoms with Crippen LogP contribution in [0.3, 0.4) is 0 Å². The van der Waals surface area contributed by atoms with E-state index in [0.717, 1.165) is 52.9 Å². The van der Waals surface area contributed by atoms with E-state index in [-0.39, 0.29) is 18.8 Å². The molecule has 3 aliphatic rings. The number of hydrogen-bond donors (Lipinski definition) is 2.